The molecule has 1 aliphatic heterocycles. The van der Waals surface area contributed by atoms with Crippen LogP contribution in [0.5, 0.6) is 0 Å². The van der Waals surface area contributed by atoms with E-state index in [0.29, 0.717) is 5.56 Å². The number of sulfonamides is 1. The number of benzene rings is 2. The number of alkyl halides is 3. The van der Waals surface area contributed by atoms with Gasteiger partial charge < -0.3 is 4.90 Å². The molecular formula is C19H19F3N2O3S. The molecule has 0 radical (unpaired) electrons. The molecule has 0 atom stereocenters. The number of carbonyl (C=O) groups excluding carboxylic acids is 1. The lowest BCUT2D eigenvalue weighted by Crippen LogP contribution is -2.50. The predicted octanol–water partition coefficient (Wildman–Crippen LogP) is 3.16. The Morgan fingerprint density at radius 1 is 0.929 bits per heavy atom. The van der Waals surface area contributed by atoms with Crippen molar-refractivity contribution in [1.82, 2.24) is 9.21 Å². The highest BCUT2D eigenvalue weighted by atomic mass is 32.2. The number of halogens is 3. The molecule has 150 valence electrons. The molecule has 0 unspecified atom stereocenters. The van der Waals surface area contributed by atoms with E-state index in [-0.39, 0.29) is 32.1 Å². The van der Waals surface area contributed by atoms with Gasteiger partial charge in [0.15, 0.2) is 0 Å². The fourth-order valence-corrected chi connectivity index (χ4v) is 4.71. The van der Waals surface area contributed by atoms with Crippen LogP contribution in [0.1, 0.15) is 21.5 Å². The maximum absolute atomic E-state index is 13.2. The molecule has 1 saturated heterocycles. The van der Waals surface area contributed by atoms with Crippen LogP contribution in [0.25, 0.3) is 0 Å². The maximum atomic E-state index is 13.2. The standard InChI is InChI=1S/C19H19F3N2O3S/c1-14-6-8-15(9-7-14)18(25)23-10-12-24(13-11-23)28(26,27)17-5-3-2-4-16(17)19(20,21)22/h2-9H,10-13H2,1H3. The van der Waals surface area contributed by atoms with Gasteiger partial charge in [0.2, 0.25) is 10.0 Å². The highest BCUT2D eigenvalue weighted by Gasteiger charge is 2.39. The molecule has 0 N–H and O–H groups in total. The summed E-state index contributed by atoms with van der Waals surface area (Å²) in [6.07, 6.45) is -4.77. The molecule has 2 aromatic carbocycles. The summed E-state index contributed by atoms with van der Waals surface area (Å²) in [7, 11) is -4.32. The first-order chi connectivity index (χ1) is 13.1. The maximum Gasteiger partial charge on any atom is 0.417 e. The van der Waals surface area contributed by atoms with Crippen LogP contribution >= 0.6 is 0 Å². The first-order valence-corrected chi connectivity index (χ1v) is 10.1. The highest BCUT2D eigenvalue weighted by molar-refractivity contribution is 7.89. The second-order valence-corrected chi connectivity index (χ2v) is 8.46. The molecule has 0 saturated carbocycles. The average molecular weight is 412 g/mol. The fourth-order valence-electron chi connectivity index (χ4n) is 3.08. The average Bonchev–Trinajstić information content (AvgIpc) is 2.67. The molecular weight excluding hydrogens is 393 g/mol. The number of amides is 1. The lowest BCUT2D eigenvalue weighted by Gasteiger charge is -2.34. The summed E-state index contributed by atoms with van der Waals surface area (Å²) in [5.74, 6) is -0.229. The van der Waals surface area contributed by atoms with Crippen LogP contribution in [0.2, 0.25) is 0 Å². The molecule has 1 amide bonds. The molecule has 1 heterocycles. The lowest BCUT2D eigenvalue weighted by molar-refractivity contribution is -0.139. The van der Waals surface area contributed by atoms with Crippen molar-refractivity contribution in [1.29, 1.82) is 0 Å². The summed E-state index contributed by atoms with van der Waals surface area (Å²) in [5.41, 5.74) is 0.313. The number of nitrogens with zero attached hydrogens (tertiary/aromatic N) is 2. The molecule has 3 rings (SSSR count). The molecule has 1 aliphatic rings. The molecule has 2 aromatic rings. The summed E-state index contributed by atoms with van der Waals surface area (Å²) in [4.78, 5) is 13.3. The zero-order chi connectivity index (χ0) is 20.5. The smallest absolute Gasteiger partial charge is 0.336 e. The SMILES string of the molecule is Cc1ccc(C(=O)N2CCN(S(=O)(=O)c3ccccc3C(F)(F)F)CC2)cc1. The van der Waals surface area contributed by atoms with Crippen molar-refractivity contribution in [3.8, 4) is 0 Å². The third-order valence-corrected chi connectivity index (χ3v) is 6.59. The Hall–Kier alpha value is -2.39. The summed E-state index contributed by atoms with van der Waals surface area (Å²) in [5, 5.41) is 0. The van der Waals surface area contributed by atoms with E-state index in [1.807, 2.05) is 19.1 Å². The van der Waals surface area contributed by atoms with Crippen molar-refractivity contribution in [2.75, 3.05) is 26.2 Å². The Morgan fingerprint density at radius 2 is 1.50 bits per heavy atom. The van der Waals surface area contributed by atoms with E-state index >= 15 is 0 Å². The van der Waals surface area contributed by atoms with E-state index in [1.165, 1.54) is 11.0 Å². The van der Waals surface area contributed by atoms with Crippen molar-refractivity contribution < 1.29 is 26.4 Å². The highest BCUT2D eigenvalue weighted by Crippen LogP contribution is 2.35. The summed E-state index contributed by atoms with van der Waals surface area (Å²) in [6, 6.07) is 11.1. The van der Waals surface area contributed by atoms with Crippen LogP contribution in [0.3, 0.4) is 0 Å². The summed E-state index contributed by atoms with van der Waals surface area (Å²) in [6.45, 7) is 2.00. The van der Waals surface area contributed by atoms with E-state index in [0.717, 1.165) is 28.1 Å². The lowest BCUT2D eigenvalue weighted by atomic mass is 10.1. The van der Waals surface area contributed by atoms with Gasteiger partial charge in [-0.25, -0.2) is 8.42 Å². The van der Waals surface area contributed by atoms with Crippen LogP contribution in [-0.4, -0.2) is 49.7 Å². The zero-order valence-corrected chi connectivity index (χ0v) is 15.9. The van der Waals surface area contributed by atoms with Crippen LogP contribution in [0, 0.1) is 6.92 Å². The number of rotatable bonds is 3. The number of piperazine rings is 1. The Labute approximate surface area is 161 Å². The second kappa shape index (κ2) is 7.56. The van der Waals surface area contributed by atoms with Crippen LogP contribution < -0.4 is 0 Å². The molecule has 5 nitrogen and oxygen atoms in total. The zero-order valence-electron chi connectivity index (χ0n) is 15.1. The minimum Gasteiger partial charge on any atom is -0.336 e. The minimum absolute atomic E-state index is 0.0634. The van der Waals surface area contributed by atoms with Crippen molar-refractivity contribution in [2.45, 2.75) is 18.0 Å². The van der Waals surface area contributed by atoms with Gasteiger partial charge in [-0.2, -0.15) is 17.5 Å². The molecule has 0 spiro atoms. The normalized spacial score (nSPS) is 16.2. The number of hydrogen-bond donors (Lipinski definition) is 0. The van der Waals surface area contributed by atoms with Crippen molar-refractivity contribution in [2.24, 2.45) is 0 Å². The topological polar surface area (TPSA) is 57.7 Å². The van der Waals surface area contributed by atoms with Gasteiger partial charge >= 0.3 is 6.18 Å². The van der Waals surface area contributed by atoms with Crippen LogP contribution in [0.4, 0.5) is 13.2 Å². The monoisotopic (exact) mass is 412 g/mol. The minimum atomic E-state index is -4.77. The van der Waals surface area contributed by atoms with Crippen LogP contribution in [-0.2, 0) is 16.2 Å². The summed E-state index contributed by atoms with van der Waals surface area (Å²) >= 11 is 0. The van der Waals surface area contributed by atoms with Crippen molar-refractivity contribution >= 4 is 15.9 Å². The number of hydrogen-bond acceptors (Lipinski definition) is 3. The fraction of sp³-hybridized carbons (Fsp3) is 0.316. The van der Waals surface area contributed by atoms with Gasteiger partial charge in [0.1, 0.15) is 0 Å². The van der Waals surface area contributed by atoms with Gasteiger partial charge in [-0.3, -0.25) is 4.79 Å². The molecule has 0 aliphatic carbocycles. The van der Waals surface area contributed by atoms with Gasteiger partial charge in [0.05, 0.1) is 10.5 Å². The molecule has 0 bridgehead atoms. The molecule has 28 heavy (non-hydrogen) atoms. The molecule has 0 aromatic heterocycles. The van der Waals surface area contributed by atoms with Gasteiger partial charge in [-0.05, 0) is 31.2 Å². The molecule has 9 heteroatoms. The quantitative estimate of drug-likeness (QED) is 0.778. The van der Waals surface area contributed by atoms with E-state index < -0.39 is 26.7 Å². The summed E-state index contributed by atoms with van der Waals surface area (Å²) < 4.78 is 66.1. The Bertz CT molecular complexity index is 965. The Balaban J connectivity index is 1.76. The number of aryl methyl sites for hydroxylation is 1. The second-order valence-electron chi connectivity index (χ2n) is 6.56. The van der Waals surface area contributed by atoms with Gasteiger partial charge in [-0.1, -0.05) is 29.8 Å². The Kier molecular flexibility index (Phi) is 5.49. The first kappa shape index (κ1) is 20.3. The Morgan fingerprint density at radius 3 is 2.07 bits per heavy atom. The van der Waals surface area contributed by atoms with Crippen molar-refractivity contribution in [3.05, 3.63) is 65.2 Å². The van der Waals surface area contributed by atoms with E-state index in [1.54, 1.807) is 12.1 Å². The van der Waals surface area contributed by atoms with Gasteiger partial charge in [0, 0.05) is 31.7 Å². The van der Waals surface area contributed by atoms with E-state index in [2.05, 4.69) is 0 Å². The predicted molar refractivity (Wildman–Crippen MR) is 97.3 cm³/mol. The third kappa shape index (κ3) is 4.05. The van der Waals surface area contributed by atoms with Gasteiger partial charge in [0.25, 0.3) is 5.91 Å². The van der Waals surface area contributed by atoms with Crippen molar-refractivity contribution in [3.63, 3.8) is 0 Å². The molecule has 1 fully saturated rings. The van der Waals surface area contributed by atoms with Gasteiger partial charge in [-0.15, -0.1) is 0 Å². The van der Waals surface area contributed by atoms with E-state index in [9.17, 15) is 26.4 Å². The van der Waals surface area contributed by atoms with E-state index in [4.69, 9.17) is 0 Å². The largest absolute Gasteiger partial charge is 0.417 e. The first-order valence-electron chi connectivity index (χ1n) is 8.63. The van der Waals surface area contributed by atoms with Crippen LogP contribution in [0.15, 0.2) is 53.4 Å². The number of carbonyl (C=O) groups is 1. The third-order valence-electron chi connectivity index (χ3n) is 4.63.